The van der Waals surface area contributed by atoms with Gasteiger partial charge in [-0.25, -0.2) is 4.57 Å². The summed E-state index contributed by atoms with van der Waals surface area (Å²) in [6, 6.07) is 0. The first-order chi connectivity index (χ1) is 10.1. The van der Waals surface area contributed by atoms with Gasteiger partial charge in [0.25, 0.3) is 0 Å². The van der Waals surface area contributed by atoms with E-state index in [4.69, 9.17) is 36.8 Å². The smallest absolute Gasteiger partial charge is 0.401 e. The maximum atomic E-state index is 12.9. The molecular formula is C10H12Cl2F3N2O4P. The van der Waals surface area contributed by atoms with Crippen LogP contribution in [0.25, 0.3) is 5.76 Å². The number of hydrogen-bond donors (Lipinski definition) is 1. The average molecular weight is 383 g/mol. The molecule has 0 atom stereocenters. The molecule has 0 saturated heterocycles. The molecule has 0 aliphatic rings. The zero-order valence-corrected chi connectivity index (χ0v) is 13.8. The van der Waals surface area contributed by atoms with Crippen molar-refractivity contribution in [2.45, 2.75) is 20.0 Å². The Morgan fingerprint density at radius 2 is 1.86 bits per heavy atom. The van der Waals surface area contributed by atoms with Gasteiger partial charge in [-0.05, 0) is 13.8 Å². The lowest BCUT2D eigenvalue weighted by Crippen LogP contribution is -2.10. The summed E-state index contributed by atoms with van der Waals surface area (Å²) in [5.41, 5.74) is -1.88. The maximum Gasteiger partial charge on any atom is 0.530 e. The zero-order valence-electron chi connectivity index (χ0n) is 11.4. The normalized spacial score (nSPS) is 12.3. The number of rotatable bonds is 7. The fraction of sp³-hybridized carbons (Fsp3) is 0.500. The summed E-state index contributed by atoms with van der Waals surface area (Å²) in [5.74, 6) is -0.713. The summed E-state index contributed by atoms with van der Waals surface area (Å²) >= 11 is 11.1. The summed E-state index contributed by atoms with van der Waals surface area (Å²) < 4.78 is 64.7. The van der Waals surface area contributed by atoms with Crippen molar-refractivity contribution in [1.82, 2.24) is 10.2 Å². The number of aromatic amines is 1. The lowest BCUT2D eigenvalue weighted by atomic mass is 10.2. The lowest BCUT2D eigenvalue weighted by molar-refractivity contribution is -0.141. The van der Waals surface area contributed by atoms with Crippen LogP contribution in [-0.4, -0.2) is 23.4 Å². The van der Waals surface area contributed by atoms with Crippen molar-refractivity contribution < 1.29 is 31.3 Å². The Balaban J connectivity index is 3.25. The Morgan fingerprint density at radius 3 is 2.27 bits per heavy atom. The van der Waals surface area contributed by atoms with Crippen LogP contribution in [-0.2, 0) is 24.3 Å². The molecule has 0 fully saturated rings. The minimum Gasteiger partial charge on any atom is -0.401 e. The van der Waals surface area contributed by atoms with E-state index in [-0.39, 0.29) is 13.2 Å². The molecule has 1 N–H and O–H groups in total. The molecular weight excluding hydrogens is 371 g/mol. The number of nitrogens with zero attached hydrogens (tertiary/aromatic N) is 1. The Labute approximate surface area is 134 Å². The Bertz CT molecular complexity index is 577. The molecule has 6 nitrogen and oxygen atoms in total. The fourth-order valence-corrected chi connectivity index (χ4v) is 2.99. The molecule has 1 heterocycles. The van der Waals surface area contributed by atoms with Gasteiger partial charge in [0.15, 0.2) is 11.5 Å². The second kappa shape index (κ2) is 7.70. The third kappa shape index (κ3) is 4.89. The van der Waals surface area contributed by atoms with Crippen LogP contribution in [0, 0.1) is 0 Å². The van der Waals surface area contributed by atoms with Gasteiger partial charge in [0.05, 0.1) is 25.0 Å². The molecule has 0 aromatic carbocycles. The molecule has 0 spiro atoms. The summed E-state index contributed by atoms with van der Waals surface area (Å²) in [6.07, 6.45) is -3.99. The van der Waals surface area contributed by atoms with Crippen LogP contribution in [0.1, 0.15) is 25.1 Å². The van der Waals surface area contributed by atoms with E-state index in [9.17, 15) is 17.7 Å². The Hall–Kier alpha value is -0.730. The highest BCUT2D eigenvalue weighted by Gasteiger charge is 2.39. The topological polar surface area (TPSA) is 73.4 Å². The summed E-state index contributed by atoms with van der Waals surface area (Å²) in [7, 11) is -4.18. The minimum atomic E-state index is -4.77. The molecule has 1 aromatic heterocycles. The van der Waals surface area contributed by atoms with E-state index in [1.165, 1.54) is 13.8 Å². The van der Waals surface area contributed by atoms with E-state index in [1.807, 2.05) is 0 Å². The Kier molecular flexibility index (Phi) is 6.76. The SMILES string of the molecule is CCOP(=O)(OCC)OC(=C(Cl)Cl)c1cn[nH]c1C(F)(F)F. The van der Waals surface area contributed by atoms with E-state index < -0.39 is 35.5 Å². The lowest BCUT2D eigenvalue weighted by Gasteiger charge is -2.19. The highest BCUT2D eigenvalue weighted by Crippen LogP contribution is 2.54. The molecule has 0 aliphatic carbocycles. The number of H-pyrrole nitrogens is 1. The predicted octanol–water partition coefficient (Wildman–Crippen LogP) is 4.73. The largest absolute Gasteiger partial charge is 0.530 e. The zero-order chi connectivity index (χ0) is 17.0. The molecule has 22 heavy (non-hydrogen) atoms. The molecule has 0 aliphatic heterocycles. The third-order valence-corrected chi connectivity index (χ3v) is 4.01. The third-order valence-electron chi connectivity index (χ3n) is 2.12. The van der Waals surface area contributed by atoms with Gasteiger partial charge < -0.3 is 4.52 Å². The molecule has 1 aromatic rings. The van der Waals surface area contributed by atoms with Gasteiger partial charge in [-0.15, -0.1) is 0 Å². The second-order valence-electron chi connectivity index (χ2n) is 3.62. The molecule has 0 amide bonds. The van der Waals surface area contributed by atoms with Crippen molar-refractivity contribution in [2.24, 2.45) is 0 Å². The summed E-state index contributed by atoms with van der Waals surface area (Å²) in [5, 5.41) is 5.02. The molecule has 0 radical (unpaired) electrons. The predicted molar refractivity (Wildman–Crippen MR) is 74.2 cm³/mol. The highest BCUT2D eigenvalue weighted by atomic mass is 35.5. The van der Waals surface area contributed by atoms with E-state index >= 15 is 0 Å². The molecule has 1 rings (SSSR count). The van der Waals surface area contributed by atoms with Crippen LogP contribution >= 0.6 is 31.0 Å². The second-order valence-corrected chi connectivity index (χ2v) is 6.16. The van der Waals surface area contributed by atoms with Gasteiger partial charge in [0, 0.05) is 0 Å². The number of halogens is 5. The highest BCUT2D eigenvalue weighted by molar-refractivity contribution is 7.48. The number of phosphoric ester groups is 1. The van der Waals surface area contributed by atoms with Gasteiger partial charge in [0.2, 0.25) is 0 Å². The average Bonchev–Trinajstić information content (AvgIpc) is 2.85. The van der Waals surface area contributed by atoms with Gasteiger partial charge in [0.1, 0.15) is 4.49 Å². The first kappa shape index (κ1) is 19.3. The first-order valence-electron chi connectivity index (χ1n) is 5.89. The van der Waals surface area contributed by atoms with Gasteiger partial charge in [-0.3, -0.25) is 14.1 Å². The van der Waals surface area contributed by atoms with Crippen LogP contribution in [0.15, 0.2) is 10.7 Å². The van der Waals surface area contributed by atoms with Crippen LogP contribution < -0.4 is 0 Å². The van der Waals surface area contributed by atoms with Crippen molar-refractivity contribution >= 4 is 36.8 Å². The van der Waals surface area contributed by atoms with Crippen LogP contribution in [0.5, 0.6) is 0 Å². The number of hydrogen-bond acceptors (Lipinski definition) is 5. The molecule has 126 valence electrons. The monoisotopic (exact) mass is 382 g/mol. The van der Waals surface area contributed by atoms with E-state index in [0.29, 0.717) is 0 Å². The van der Waals surface area contributed by atoms with Crippen LogP contribution in [0.2, 0.25) is 0 Å². The van der Waals surface area contributed by atoms with Crippen LogP contribution in [0.4, 0.5) is 13.2 Å². The number of alkyl halides is 3. The van der Waals surface area contributed by atoms with E-state index in [1.54, 1.807) is 5.10 Å². The van der Waals surface area contributed by atoms with Crippen molar-refractivity contribution in [3.8, 4) is 0 Å². The van der Waals surface area contributed by atoms with Gasteiger partial charge >= 0.3 is 14.0 Å². The molecule has 0 unspecified atom stereocenters. The fourth-order valence-electron chi connectivity index (χ4n) is 1.38. The van der Waals surface area contributed by atoms with Crippen molar-refractivity contribution in [2.75, 3.05) is 13.2 Å². The van der Waals surface area contributed by atoms with Gasteiger partial charge in [-0.1, -0.05) is 23.2 Å². The summed E-state index contributed by atoms with van der Waals surface area (Å²) in [6.45, 7) is 2.86. The van der Waals surface area contributed by atoms with Crippen molar-refractivity contribution in [3.05, 3.63) is 21.9 Å². The van der Waals surface area contributed by atoms with Crippen molar-refractivity contribution in [1.29, 1.82) is 0 Å². The molecule has 12 heteroatoms. The van der Waals surface area contributed by atoms with E-state index in [2.05, 4.69) is 5.10 Å². The first-order valence-corrected chi connectivity index (χ1v) is 8.11. The maximum absolute atomic E-state index is 12.9. The standard InChI is InChI=1S/C10H12Cl2F3N2O4P/c1-3-19-22(18,20-4-2)21-7(9(11)12)6-5-16-17-8(6)10(13,14)15/h5H,3-4H2,1-2H3,(H,16,17). The van der Waals surface area contributed by atoms with E-state index in [0.717, 1.165) is 6.20 Å². The van der Waals surface area contributed by atoms with Gasteiger partial charge in [-0.2, -0.15) is 18.3 Å². The quantitative estimate of drug-likeness (QED) is 0.545. The number of aromatic nitrogens is 2. The van der Waals surface area contributed by atoms with Crippen molar-refractivity contribution in [3.63, 3.8) is 0 Å². The van der Waals surface area contributed by atoms with Crippen LogP contribution in [0.3, 0.4) is 0 Å². The molecule has 0 saturated carbocycles. The minimum absolute atomic E-state index is 0.0675. The summed E-state index contributed by atoms with van der Waals surface area (Å²) in [4.78, 5) is 0. The number of nitrogens with one attached hydrogen (secondary N) is 1. The molecule has 0 bridgehead atoms. The number of phosphoric acid groups is 1. The Morgan fingerprint density at radius 1 is 1.32 bits per heavy atom.